The van der Waals surface area contributed by atoms with Gasteiger partial charge >= 0.3 is 0 Å². The molecule has 1 aliphatic rings. The van der Waals surface area contributed by atoms with Gasteiger partial charge in [-0.1, -0.05) is 13.3 Å². The molecule has 1 heterocycles. The first-order valence-corrected chi connectivity index (χ1v) is 7.23. The van der Waals surface area contributed by atoms with Crippen LogP contribution in [-0.4, -0.2) is 28.6 Å². The number of nitrogens with one attached hydrogen (secondary N) is 1. The highest BCUT2D eigenvalue weighted by atomic mass is 32.1. The number of hydrogen-bond donors (Lipinski definition) is 2. The summed E-state index contributed by atoms with van der Waals surface area (Å²) in [5.41, 5.74) is 0.673. The molecule has 18 heavy (non-hydrogen) atoms. The largest absolute Gasteiger partial charge is 0.396 e. The predicted octanol–water partition coefficient (Wildman–Crippen LogP) is 1.66. The Labute approximate surface area is 111 Å². The van der Waals surface area contributed by atoms with E-state index in [-0.39, 0.29) is 24.0 Å². The van der Waals surface area contributed by atoms with Crippen molar-refractivity contribution in [1.82, 2.24) is 10.3 Å². The molecule has 1 aromatic rings. The molecule has 4 nitrogen and oxygen atoms in total. The van der Waals surface area contributed by atoms with Crippen LogP contribution in [0.1, 0.15) is 36.9 Å². The summed E-state index contributed by atoms with van der Waals surface area (Å²) in [5, 5.41) is 15.4. The molecule has 0 aromatic carbocycles. The van der Waals surface area contributed by atoms with Crippen LogP contribution in [0.5, 0.6) is 0 Å². The highest BCUT2D eigenvalue weighted by Crippen LogP contribution is 2.37. The molecule has 2 unspecified atom stereocenters. The fraction of sp³-hybridized carbons (Fsp3) is 0.692. The van der Waals surface area contributed by atoms with E-state index in [0.29, 0.717) is 6.42 Å². The average molecular weight is 268 g/mol. The molecule has 1 saturated carbocycles. The third kappa shape index (κ3) is 2.90. The van der Waals surface area contributed by atoms with Gasteiger partial charge in [0.2, 0.25) is 5.91 Å². The van der Waals surface area contributed by atoms with Crippen molar-refractivity contribution in [2.24, 2.45) is 5.41 Å². The van der Waals surface area contributed by atoms with Crippen molar-refractivity contribution < 1.29 is 9.90 Å². The fourth-order valence-corrected chi connectivity index (χ4v) is 3.18. The molecule has 2 rings (SSSR count). The molecule has 100 valence electrons. The molecule has 5 heteroatoms. The molecule has 2 N–H and O–H groups in total. The summed E-state index contributed by atoms with van der Waals surface area (Å²) in [6.07, 6.45) is 3.34. The van der Waals surface area contributed by atoms with E-state index in [1.807, 2.05) is 19.2 Å². The minimum Gasteiger partial charge on any atom is -0.396 e. The smallest absolute Gasteiger partial charge is 0.226 e. The first-order chi connectivity index (χ1) is 8.53. The maximum Gasteiger partial charge on any atom is 0.226 e. The highest BCUT2D eigenvalue weighted by Gasteiger charge is 2.38. The molecular formula is C13H20N2O2S. The molecule has 0 saturated heterocycles. The van der Waals surface area contributed by atoms with Crippen LogP contribution in [0, 0.1) is 12.3 Å². The second kappa shape index (κ2) is 5.36. The van der Waals surface area contributed by atoms with E-state index in [4.69, 9.17) is 0 Å². The van der Waals surface area contributed by atoms with Gasteiger partial charge in [-0.05, 0) is 19.8 Å². The molecule has 1 fully saturated rings. The lowest BCUT2D eigenvalue weighted by atomic mass is 9.86. The fourth-order valence-electron chi connectivity index (χ4n) is 2.57. The Bertz CT molecular complexity index is 432. The summed E-state index contributed by atoms with van der Waals surface area (Å²) in [7, 11) is 0. The second-order valence-corrected chi connectivity index (χ2v) is 6.42. The van der Waals surface area contributed by atoms with E-state index < -0.39 is 0 Å². The first-order valence-electron chi connectivity index (χ1n) is 6.35. The van der Waals surface area contributed by atoms with Gasteiger partial charge in [-0.3, -0.25) is 4.79 Å². The first kappa shape index (κ1) is 13.5. The van der Waals surface area contributed by atoms with Crippen LogP contribution < -0.4 is 5.32 Å². The summed E-state index contributed by atoms with van der Waals surface area (Å²) in [6, 6.07) is 0.0923. The van der Waals surface area contributed by atoms with Gasteiger partial charge in [0.05, 0.1) is 23.7 Å². The van der Waals surface area contributed by atoms with E-state index in [1.165, 1.54) is 0 Å². The quantitative estimate of drug-likeness (QED) is 0.873. The average Bonchev–Trinajstić information content (AvgIpc) is 2.87. The van der Waals surface area contributed by atoms with E-state index in [2.05, 4.69) is 10.3 Å². The Kier molecular flexibility index (Phi) is 4.02. The lowest BCUT2D eigenvalue weighted by Crippen LogP contribution is -2.45. The van der Waals surface area contributed by atoms with Crippen LogP contribution in [-0.2, 0) is 11.2 Å². The Morgan fingerprint density at radius 2 is 2.50 bits per heavy atom. The van der Waals surface area contributed by atoms with Gasteiger partial charge < -0.3 is 10.4 Å². The monoisotopic (exact) mass is 268 g/mol. The van der Waals surface area contributed by atoms with Crippen molar-refractivity contribution in [2.75, 3.05) is 6.61 Å². The number of aryl methyl sites for hydroxylation is 1. The zero-order valence-electron chi connectivity index (χ0n) is 10.9. The number of carbonyl (C=O) groups is 1. The van der Waals surface area contributed by atoms with Gasteiger partial charge in [0.15, 0.2) is 0 Å². The molecule has 0 radical (unpaired) electrons. The molecule has 2 atom stereocenters. The molecule has 0 spiro atoms. The van der Waals surface area contributed by atoms with E-state index in [1.54, 1.807) is 11.3 Å². The van der Waals surface area contributed by atoms with Crippen LogP contribution in [0.4, 0.5) is 0 Å². The van der Waals surface area contributed by atoms with E-state index in [0.717, 1.165) is 30.0 Å². The van der Waals surface area contributed by atoms with Gasteiger partial charge in [0.1, 0.15) is 0 Å². The van der Waals surface area contributed by atoms with Crippen molar-refractivity contribution in [3.63, 3.8) is 0 Å². The summed E-state index contributed by atoms with van der Waals surface area (Å²) < 4.78 is 0. The number of amides is 1. The van der Waals surface area contributed by atoms with Gasteiger partial charge in [0, 0.05) is 16.8 Å². The van der Waals surface area contributed by atoms with Gasteiger partial charge in [-0.15, -0.1) is 11.3 Å². The third-order valence-electron chi connectivity index (χ3n) is 3.79. The van der Waals surface area contributed by atoms with Crippen LogP contribution in [0.25, 0.3) is 0 Å². The van der Waals surface area contributed by atoms with Gasteiger partial charge in [-0.2, -0.15) is 0 Å². The third-order valence-corrected chi connectivity index (χ3v) is 4.61. The Hall–Kier alpha value is -0.940. The minimum atomic E-state index is -0.159. The van der Waals surface area contributed by atoms with Gasteiger partial charge in [0.25, 0.3) is 0 Å². The van der Waals surface area contributed by atoms with Crippen LogP contribution in [0.3, 0.4) is 0 Å². The Morgan fingerprint density at radius 3 is 3.11 bits per heavy atom. The van der Waals surface area contributed by atoms with Crippen molar-refractivity contribution in [3.8, 4) is 0 Å². The van der Waals surface area contributed by atoms with E-state index in [9.17, 15) is 9.90 Å². The predicted molar refractivity (Wildman–Crippen MR) is 71.5 cm³/mol. The number of aliphatic hydroxyl groups excluding tert-OH is 1. The minimum absolute atomic E-state index is 0.00637. The lowest BCUT2D eigenvalue weighted by Gasteiger charge is -2.30. The number of aliphatic hydroxyl groups is 1. The molecule has 0 bridgehead atoms. The van der Waals surface area contributed by atoms with Crippen LogP contribution >= 0.6 is 11.3 Å². The standard InChI is InChI=1S/C13H20N2O2S/c1-9-14-10(7-18-9)6-12(17)15-11-4-3-5-13(11,2)8-16/h7,11,16H,3-6,8H2,1-2H3,(H,15,17). The molecule has 0 aliphatic heterocycles. The highest BCUT2D eigenvalue weighted by molar-refractivity contribution is 7.09. The molecular weight excluding hydrogens is 248 g/mol. The van der Waals surface area contributed by atoms with Crippen molar-refractivity contribution in [3.05, 3.63) is 16.1 Å². The van der Waals surface area contributed by atoms with Crippen LogP contribution in [0.15, 0.2) is 5.38 Å². The summed E-state index contributed by atoms with van der Waals surface area (Å²) in [5.74, 6) is 0.00637. The molecule has 1 aromatic heterocycles. The summed E-state index contributed by atoms with van der Waals surface area (Å²) in [4.78, 5) is 16.2. The molecule has 1 amide bonds. The van der Waals surface area contributed by atoms with Crippen molar-refractivity contribution in [2.45, 2.75) is 45.6 Å². The van der Waals surface area contributed by atoms with Crippen molar-refractivity contribution >= 4 is 17.2 Å². The summed E-state index contributed by atoms with van der Waals surface area (Å²) in [6.45, 7) is 4.11. The number of hydrogen-bond acceptors (Lipinski definition) is 4. The number of thiazole rings is 1. The van der Waals surface area contributed by atoms with E-state index >= 15 is 0 Å². The number of nitrogens with zero attached hydrogens (tertiary/aromatic N) is 1. The maximum atomic E-state index is 12.0. The number of rotatable bonds is 4. The Morgan fingerprint density at radius 1 is 1.72 bits per heavy atom. The zero-order chi connectivity index (χ0) is 13.2. The second-order valence-electron chi connectivity index (χ2n) is 5.36. The molecule has 1 aliphatic carbocycles. The van der Waals surface area contributed by atoms with Crippen molar-refractivity contribution in [1.29, 1.82) is 0 Å². The number of carbonyl (C=O) groups excluding carboxylic acids is 1. The summed E-state index contributed by atoms with van der Waals surface area (Å²) >= 11 is 1.56. The van der Waals surface area contributed by atoms with Crippen LogP contribution in [0.2, 0.25) is 0 Å². The normalized spacial score (nSPS) is 27.4. The zero-order valence-corrected chi connectivity index (χ0v) is 11.7. The Balaban J connectivity index is 1.91. The lowest BCUT2D eigenvalue weighted by molar-refractivity contribution is -0.122. The maximum absolute atomic E-state index is 12.0. The van der Waals surface area contributed by atoms with Gasteiger partial charge in [-0.25, -0.2) is 4.98 Å². The number of aromatic nitrogens is 1. The SMILES string of the molecule is Cc1nc(CC(=O)NC2CCCC2(C)CO)cs1. The topological polar surface area (TPSA) is 62.2 Å².